The summed E-state index contributed by atoms with van der Waals surface area (Å²) in [6, 6.07) is 12.5. The van der Waals surface area contributed by atoms with E-state index in [2.05, 4.69) is 9.88 Å². The van der Waals surface area contributed by atoms with Crippen molar-refractivity contribution in [2.24, 2.45) is 0 Å². The maximum absolute atomic E-state index is 13.1. The number of halogens is 1. The first-order valence-corrected chi connectivity index (χ1v) is 8.55. The van der Waals surface area contributed by atoms with Crippen LogP contribution in [0.5, 0.6) is 0 Å². The minimum atomic E-state index is -0.541. The zero-order valence-electron chi connectivity index (χ0n) is 15.5. The molecule has 0 aliphatic rings. The summed E-state index contributed by atoms with van der Waals surface area (Å²) < 4.78 is 20.5. The number of carbonyl (C=O) groups excluding carboxylic acids is 1. The molecule has 0 bridgehead atoms. The van der Waals surface area contributed by atoms with Crippen molar-refractivity contribution >= 4 is 22.7 Å². The first kappa shape index (κ1) is 18.0. The van der Waals surface area contributed by atoms with Crippen molar-refractivity contribution in [2.45, 2.75) is 39.8 Å². The van der Waals surface area contributed by atoms with Crippen LogP contribution in [0.2, 0.25) is 0 Å². The van der Waals surface area contributed by atoms with Gasteiger partial charge in [0, 0.05) is 29.3 Å². The molecule has 4 nitrogen and oxygen atoms in total. The fourth-order valence-electron chi connectivity index (χ4n) is 2.81. The second kappa shape index (κ2) is 6.83. The Morgan fingerprint density at radius 2 is 1.85 bits per heavy atom. The van der Waals surface area contributed by atoms with Crippen molar-refractivity contribution in [2.75, 3.05) is 5.32 Å². The minimum Gasteiger partial charge on any atom is -0.444 e. The fraction of sp³-hybridized carbons (Fsp3) is 0.286. The average Bonchev–Trinajstić information content (AvgIpc) is 2.90. The van der Waals surface area contributed by atoms with Crippen LogP contribution in [0.25, 0.3) is 10.9 Å². The van der Waals surface area contributed by atoms with E-state index in [4.69, 9.17) is 4.74 Å². The van der Waals surface area contributed by atoms with Gasteiger partial charge in [-0.15, -0.1) is 0 Å². The predicted molar refractivity (Wildman–Crippen MR) is 102 cm³/mol. The standard InChI is InChI=1S/C21H23FN2O2/c1-14-11-19-16(12-18(14)23-20(25)26-21(2,3)4)9-10-24(19)13-15-5-7-17(22)8-6-15/h5-12H,13H2,1-4H3,(H,23,25). The maximum atomic E-state index is 13.1. The third-order valence-electron chi connectivity index (χ3n) is 4.02. The molecular formula is C21H23FN2O2. The molecule has 0 saturated heterocycles. The molecule has 0 fully saturated rings. The van der Waals surface area contributed by atoms with E-state index in [0.717, 1.165) is 27.7 Å². The molecule has 3 rings (SSSR count). The number of nitrogens with one attached hydrogen (secondary N) is 1. The van der Waals surface area contributed by atoms with Crippen molar-refractivity contribution < 1.29 is 13.9 Å². The summed E-state index contributed by atoms with van der Waals surface area (Å²) in [5.41, 5.74) is 3.22. The Morgan fingerprint density at radius 3 is 2.50 bits per heavy atom. The van der Waals surface area contributed by atoms with E-state index in [1.54, 1.807) is 12.1 Å². The minimum absolute atomic E-state index is 0.236. The third-order valence-corrected chi connectivity index (χ3v) is 4.02. The number of nitrogens with zero attached hydrogens (tertiary/aromatic N) is 1. The van der Waals surface area contributed by atoms with Gasteiger partial charge in [0.05, 0.1) is 0 Å². The summed E-state index contributed by atoms with van der Waals surface area (Å²) in [6.07, 6.45) is 1.52. The molecule has 0 aliphatic carbocycles. The van der Waals surface area contributed by atoms with Crippen LogP contribution >= 0.6 is 0 Å². The number of amides is 1. The van der Waals surface area contributed by atoms with E-state index < -0.39 is 11.7 Å². The van der Waals surface area contributed by atoms with Gasteiger partial charge in [0.1, 0.15) is 11.4 Å². The Bertz CT molecular complexity index is 937. The average molecular weight is 354 g/mol. The van der Waals surface area contributed by atoms with Crippen molar-refractivity contribution in [1.82, 2.24) is 4.57 Å². The summed E-state index contributed by atoms with van der Waals surface area (Å²) in [4.78, 5) is 12.0. The molecule has 3 aromatic rings. The smallest absolute Gasteiger partial charge is 0.412 e. The van der Waals surface area contributed by atoms with Crippen LogP contribution in [0.3, 0.4) is 0 Å². The van der Waals surface area contributed by atoms with Gasteiger partial charge in [-0.05, 0) is 69.2 Å². The van der Waals surface area contributed by atoms with Crippen LogP contribution < -0.4 is 5.32 Å². The second-order valence-electron chi connectivity index (χ2n) is 7.42. The first-order chi connectivity index (χ1) is 12.2. The molecule has 0 spiro atoms. The maximum Gasteiger partial charge on any atom is 0.412 e. The Hall–Kier alpha value is -2.82. The zero-order valence-corrected chi connectivity index (χ0v) is 15.5. The molecule has 5 heteroatoms. The number of hydrogen-bond donors (Lipinski definition) is 1. The lowest BCUT2D eigenvalue weighted by Crippen LogP contribution is -2.27. The number of anilines is 1. The molecule has 0 unspecified atom stereocenters. The van der Waals surface area contributed by atoms with Crippen molar-refractivity contribution in [3.8, 4) is 0 Å². The lowest BCUT2D eigenvalue weighted by Gasteiger charge is -2.20. The van der Waals surface area contributed by atoms with Crippen LogP contribution in [0, 0.1) is 12.7 Å². The molecule has 0 aliphatic heterocycles. The number of aryl methyl sites for hydroxylation is 1. The number of aromatic nitrogens is 1. The predicted octanol–water partition coefficient (Wildman–Crippen LogP) is 5.48. The fourth-order valence-corrected chi connectivity index (χ4v) is 2.81. The van der Waals surface area contributed by atoms with Gasteiger partial charge in [-0.2, -0.15) is 0 Å². The topological polar surface area (TPSA) is 43.3 Å². The molecule has 1 aromatic heterocycles. The van der Waals surface area contributed by atoms with Gasteiger partial charge in [-0.3, -0.25) is 5.32 Å². The summed E-state index contributed by atoms with van der Waals surface area (Å²) >= 11 is 0. The number of ether oxygens (including phenoxy) is 1. The van der Waals surface area contributed by atoms with Gasteiger partial charge >= 0.3 is 6.09 Å². The van der Waals surface area contributed by atoms with E-state index in [0.29, 0.717) is 6.54 Å². The highest BCUT2D eigenvalue weighted by Gasteiger charge is 2.17. The lowest BCUT2D eigenvalue weighted by molar-refractivity contribution is 0.0636. The van der Waals surface area contributed by atoms with E-state index in [-0.39, 0.29) is 5.82 Å². The number of rotatable bonds is 3. The van der Waals surface area contributed by atoms with Crippen LogP contribution in [0.4, 0.5) is 14.9 Å². The highest BCUT2D eigenvalue weighted by Crippen LogP contribution is 2.26. The van der Waals surface area contributed by atoms with Crippen molar-refractivity contribution in [3.05, 3.63) is 65.6 Å². The van der Waals surface area contributed by atoms with Crippen LogP contribution in [0.15, 0.2) is 48.7 Å². The highest BCUT2D eigenvalue weighted by molar-refractivity contribution is 5.92. The van der Waals surface area contributed by atoms with E-state index in [1.807, 2.05) is 52.1 Å². The molecule has 1 heterocycles. The second-order valence-corrected chi connectivity index (χ2v) is 7.42. The Morgan fingerprint density at radius 1 is 1.15 bits per heavy atom. The Kier molecular flexibility index (Phi) is 4.72. The Balaban J connectivity index is 1.84. The molecule has 136 valence electrons. The van der Waals surface area contributed by atoms with E-state index in [9.17, 15) is 9.18 Å². The first-order valence-electron chi connectivity index (χ1n) is 8.55. The highest BCUT2D eigenvalue weighted by atomic mass is 19.1. The molecule has 2 aromatic carbocycles. The summed E-state index contributed by atoms with van der Waals surface area (Å²) in [6.45, 7) is 8.10. The van der Waals surface area contributed by atoms with Crippen LogP contribution in [-0.2, 0) is 11.3 Å². The van der Waals surface area contributed by atoms with Gasteiger partial charge in [-0.25, -0.2) is 9.18 Å². The third kappa shape index (κ3) is 4.23. The number of benzene rings is 2. The monoisotopic (exact) mass is 354 g/mol. The summed E-state index contributed by atoms with van der Waals surface area (Å²) in [5, 5.41) is 3.83. The lowest BCUT2D eigenvalue weighted by atomic mass is 10.1. The molecule has 0 radical (unpaired) electrons. The molecule has 1 amide bonds. The molecular weight excluding hydrogens is 331 g/mol. The van der Waals surface area contributed by atoms with Gasteiger partial charge in [0.2, 0.25) is 0 Å². The molecule has 1 N–H and O–H groups in total. The molecule has 0 saturated carbocycles. The quantitative estimate of drug-likeness (QED) is 0.676. The summed E-state index contributed by atoms with van der Waals surface area (Å²) in [7, 11) is 0. The van der Waals surface area contributed by atoms with Crippen molar-refractivity contribution in [3.63, 3.8) is 0 Å². The van der Waals surface area contributed by atoms with Gasteiger partial charge < -0.3 is 9.30 Å². The van der Waals surface area contributed by atoms with Crippen molar-refractivity contribution in [1.29, 1.82) is 0 Å². The zero-order chi connectivity index (χ0) is 18.9. The largest absolute Gasteiger partial charge is 0.444 e. The van der Waals surface area contributed by atoms with Crippen LogP contribution in [-0.4, -0.2) is 16.3 Å². The number of fused-ring (bicyclic) bond motifs is 1. The van der Waals surface area contributed by atoms with Gasteiger partial charge in [0.15, 0.2) is 0 Å². The van der Waals surface area contributed by atoms with Gasteiger partial charge in [-0.1, -0.05) is 12.1 Å². The summed E-state index contributed by atoms with van der Waals surface area (Å²) in [5.74, 6) is -0.236. The number of carbonyl (C=O) groups is 1. The van der Waals surface area contributed by atoms with E-state index >= 15 is 0 Å². The van der Waals surface area contributed by atoms with E-state index in [1.165, 1.54) is 12.1 Å². The van der Waals surface area contributed by atoms with Crippen LogP contribution in [0.1, 0.15) is 31.9 Å². The number of hydrogen-bond acceptors (Lipinski definition) is 2. The Labute approximate surface area is 152 Å². The molecule has 0 atom stereocenters. The SMILES string of the molecule is Cc1cc2c(ccn2Cc2ccc(F)cc2)cc1NC(=O)OC(C)(C)C. The molecule has 26 heavy (non-hydrogen) atoms. The normalized spacial score (nSPS) is 11.6. The van der Waals surface area contributed by atoms with Gasteiger partial charge in [0.25, 0.3) is 0 Å².